The molecule has 4 nitrogen and oxygen atoms in total. The van der Waals surface area contributed by atoms with E-state index >= 15 is 0 Å². The third kappa shape index (κ3) is 12.5. The topological polar surface area (TPSA) is 36.9 Å². The van der Waals surface area contributed by atoms with Crippen LogP contribution in [0.2, 0.25) is 0 Å². The van der Waals surface area contributed by atoms with E-state index < -0.39 is 0 Å². The van der Waals surface area contributed by atoms with Gasteiger partial charge in [0.05, 0.1) is 14.2 Å². The number of hydrogen-bond acceptors (Lipinski definition) is 5. The molecule has 2 rings (SSSR count). The smallest absolute Gasteiger partial charge is 0.120 e. The predicted octanol–water partition coefficient (Wildman–Crippen LogP) is 8.57. The average molecular weight is 503 g/mol. The summed E-state index contributed by atoms with van der Waals surface area (Å²) in [6, 6.07) is 15.9. The standard InChI is InChI=1S/C30H46O4S/c1-5-7-9-11-13-29(33-27-19-15-25(31-3)16-20-27)23-35-24-30(14-12-10-8-6-2)34-28-21-17-26(32-4)18-22-28/h15-22,29-30H,5-14,23-24H2,1-4H3. The van der Waals surface area contributed by atoms with Crippen molar-refractivity contribution in [1.82, 2.24) is 0 Å². The summed E-state index contributed by atoms with van der Waals surface area (Å²) in [5.41, 5.74) is 0. The van der Waals surface area contributed by atoms with Gasteiger partial charge in [0, 0.05) is 11.5 Å². The first kappa shape index (κ1) is 29.2. The molecule has 2 aromatic carbocycles. The average Bonchev–Trinajstić information content (AvgIpc) is 2.89. The summed E-state index contributed by atoms with van der Waals surface area (Å²) in [5.74, 6) is 5.47. The van der Waals surface area contributed by atoms with E-state index in [2.05, 4.69) is 13.8 Å². The van der Waals surface area contributed by atoms with Gasteiger partial charge in [-0.15, -0.1) is 0 Å². The maximum absolute atomic E-state index is 6.40. The first-order chi connectivity index (χ1) is 17.2. The third-order valence-electron chi connectivity index (χ3n) is 6.09. The van der Waals surface area contributed by atoms with Gasteiger partial charge in [0.25, 0.3) is 0 Å². The molecule has 0 radical (unpaired) electrons. The molecular weight excluding hydrogens is 456 g/mol. The molecule has 2 aromatic rings. The number of methoxy groups -OCH3 is 2. The summed E-state index contributed by atoms with van der Waals surface area (Å²) < 4.78 is 23.4. The molecule has 0 N–H and O–H groups in total. The van der Waals surface area contributed by atoms with Gasteiger partial charge in [-0.1, -0.05) is 52.4 Å². The van der Waals surface area contributed by atoms with E-state index in [1.54, 1.807) is 14.2 Å². The van der Waals surface area contributed by atoms with Crippen LogP contribution >= 0.6 is 11.8 Å². The van der Waals surface area contributed by atoms with Crippen LogP contribution in [0.5, 0.6) is 23.0 Å². The van der Waals surface area contributed by atoms with Crippen LogP contribution in [0.4, 0.5) is 0 Å². The molecule has 0 spiro atoms. The minimum atomic E-state index is 0.201. The quantitative estimate of drug-likeness (QED) is 0.169. The van der Waals surface area contributed by atoms with Crippen LogP contribution in [-0.4, -0.2) is 37.9 Å². The van der Waals surface area contributed by atoms with Gasteiger partial charge < -0.3 is 18.9 Å². The Hall–Kier alpha value is -2.01. The zero-order valence-corrected chi connectivity index (χ0v) is 23.1. The van der Waals surface area contributed by atoms with Crippen molar-refractivity contribution in [2.24, 2.45) is 0 Å². The van der Waals surface area contributed by atoms with Crippen molar-refractivity contribution >= 4 is 11.8 Å². The first-order valence-corrected chi connectivity index (χ1v) is 14.5. The summed E-state index contributed by atoms with van der Waals surface area (Å²) >= 11 is 1.95. The number of rotatable bonds is 20. The van der Waals surface area contributed by atoms with Crippen molar-refractivity contribution in [1.29, 1.82) is 0 Å². The number of hydrogen-bond donors (Lipinski definition) is 0. The Morgan fingerprint density at radius 3 is 1.26 bits per heavy atom. The summed E-state index contributed by atoms with van der Waals surface area (Å²) in [4.78, 5) is 0. The second-order valence-electron chi connectivity index (χ2n) is 9.07. The van der Waals surface area contributed by atoms with Gasteiger partial charge in [-0.05, 0) is 74.2 Å². The van der Waals surface area contributed by atoms with Crippen molar-refractivity contribution in [2.45, 2.75) is 90.3 Å². The van der Waals surface area contributed by atoms with Gasteiger partial charge in [0.1, 0.15) is 35.2 Å². The highest BCUT2D eigenvalue weighted by molar-refractivity contribution is 7.99. The van der Waals surface area contributed by atoms with E-state index in [9.17, 15) is 0 Å². The van der Waals surface area contributed by atoms with Gasteiger partial charge in [-0.25, -0.2) is 0 Å². The van der Waals surface area contributed by atoms with Crippen molar-refractivity contribution in [3.63, 3.8) is 0 Å². The Labute approximate surface area is 218 Å². The van der Waals surface area contributed by atoms with E-state index in [0.29, 0.717) is 0 Å². The molecule has 0 saturated heterocycles. The molecular formula is C30H46O4S. The molecule has 0 aliphatic rings. The summed E-state index contributed by atoms with van der Waals surface area (Å²) in [7, 11) is 3.38. The molecule has 0 fully saturated rings. The second kappa shape index (κ2) is 18.3. The Kier molecular flexibility index (Phi) is 15.3. The van der Waals surface area contributed by atoms with Crippen LogP contribution in [0.1, 0.15) is 78.1 Å². The minimum absolute atomic E-state index is 0.201. The normalized spacial score (nSPS) is 12.7. The lowest BCUT2D eigenvalue weighted by Crippen LogP contribution is -2.24. The maximum Gasteiger partial charge on any atom is 0.120 e. The molecule has 0 aromatic heterocycles. The van der Waals surface area contributed by atoms with Crippen molar-refractivity contribution in [3.8, 4) is 23.0 Å². The molecule has 0 aliphatic heterocycles. The lowest BCUT2D eigenvalue weighted by atomic mass is 10.1. The largest absolute Gasteiger partial charge is 0.497 e. The number of benzene rings is 2. The fourth-order valence-electron chi connectivity index (χ4n) is 3.97. The lowest BCUT2D eigenvalue weighted by Gasteiger charge is -2.22. The van der Waals surface area contributed by atoms with Crippen molar-refractivity contribution in [3.05, 3.63) is 48.5 Å². The van der Waals surface area contributed by atoms with Gasteiger partial charge in [-0.2, -0.15) is 11.8 Å². The van der Waals surface area contributed by atoms with E-state index in [4.69, 9.17) is 18.9 Å². The van der Waals surface area contributed by atoms with Gasteiger partial charge in [-0.3, -0.25) is 0 Å². The SMILES string of the molecule is CCCCCCC(CSCC(CCCCCC)Oc1ccc(OC)cc1)Oc1ccc(OC)cc1. The monoisotopic (exact) mass is 502 g/mol. The van der Waals surface area contributed by atoms with Crippen LogP contribution in [0.3, 0.4) is 0 Å². The molecule has 2 unspecified atom stereocenters. The highest BCUT2D eigenvalue weighted by Crippen LogP contribution is 2.25. The Bertz CT molecular complexity index is 697. The maximum atomic E-state index is 6.40. The van der Waals surface area contributed by atoms with Crippen LogP contribution in [0.15, 0.2) is 48.5 Å². The highest BCUT2D eigenvalue weighted by atomic mass is 32.2. The van der Waals surface area contributed by atoms with Gasteiger partial charge >= 0.3 is 0 Å². The molecule has 0 aliphatic carbocycles. The fourth-order valence-corrected chi connectivity index (χ4v) is 5.11. The summed E-state index contributed by atoms with van der Waals surface area (Å²) in [6.45, 7) is 4.51. The van der Waals surface area contributed by atoms with E-state index in [-0.39, 0.29) is 12.2 Å². The van der Waals surface area contributed by atoms with Crippen LogP contribution in [0.25, 0.3) is 0 Å². The van der Waals surface area contributed by atoms with E-state index in [1.165, 1.54) is 51.4 Å². The van der Waals surface area contributed by atoms with Crippen LogP contribution in [0, 0.1) is 0 Å². The Morgan fingerprint density at radius 2 is 0.914 bits per heavy atom. The van der Waals surface area contributed by atoms with Gasteiger partial charge in [0.2, 0.25) is 0 Å². The Morgan fingerprint density at radius 1 is 0.543 bits per heavy atom. The minimum Gasteiger partial charge on any atom is -0.497 e. The third-order valence-corrected chi connectivity index (χ3v) is 7.31. The molecule has 0 bridgehead atoms. The molecule has 0 heterocycles. The molecule has 0 amide bonds. The number of ether oxygens (including phenoxy) is 4. The number of thioether (sulfide) groups is 1. The Balaban J connectivity index is 1.92. The molecule has 5 heteroatoms. The summed E-state index contributed by atoms with van der Waals surface area (Å²) in [5, 5.41) is 0. The van der Waals surface area contributed by atoms with Crippen molar-refractivity contribution < 1.29 is 18.9 Å². The number of unbranched alkanes of at least 4 members (excludes halogenated alkanes) is 6. The zero-order chi connectivity index (χ0) is 25.1. The van der Waals surface area contributed by atoms with Crippen LogP contribution in [-0.2, 0) is 0 Å². The molecule has 196 valence electrons. The highest BCUT2D eigenvalue weighted by Gasteiger charge is 2.16. The second-order valence-corrected chi connectivity index (χ2v) is 10.1. The van der Waals surface area contributed by atoms with E-state index in [0.717, 1.165) is 47.3 Å². The van der Waals surface area contributed by atoms with E-state index in [1.807, 2.05) is 60.3 Å². The fraction of sp³-hybridized carbons (Fsp3) is 0.600. The predicted molar refractivity (Wildman–Crippen MR) is 150 cm³/mol. The van der Waals surface area contributed by atoms with Crippen molar-refractivity contribution in [2.75, 3.05) is 25.7 Å². The molecule has 35 heavy (non-hydrogen) atoms. The van der Waals surface area contributed by atoms with Gasteiger partial charge in [0.15, 0.2) is 0 Å². The molecule has 0 saturated carbocycles. The first-order valence-electron chi connectivity index (χ1n) is 13.4. The van der Waals surface area contributed by atoms with Crippen LogP contribution < -0.4 is 18.9 Å². The lowest BCUT2D eigenvalue weighted by molar-refractivity contribution is 0.205. The molecule has 2 atom stereocenters. The summed E-state index contributed by atoms with van der Waals surface area (Å²) in [6.07, 6.45) is 12.6. The zero-order valence-electron chi connectivity index (χ0n) is 22.3.